The molecule has 1 unspecified atom stereocenters. The molecule has 0 aliphatic rings. The normalized spacial score (nSPS) is 12.7. The predicted molar refractivity (Wildman–Crippen MR) is 123 cm³/mol. The third-order valence-electron chi connectivity index (χ3n) is 4.57. The first-order valence-electron chi connectivity index (χ1n) is 9.42. The van der Waals surface area contributed by atoms with Gasteiger partial charge in [0.15, 0.2) is 5.96 Å². The van der Waals surface area contributed by atoms with E-state index >= 15 is 0 Å². The molecule has 1 atom stereocenters. The van der Waals surface area contributed by atoms with Crippen LogP contribution in [0.25, 0.3) is 0 Å². The lowest BCUT2D eigenvalue weighted by Gasteiger charge is -2.21. The second-order valence-electron chi connectivity index (χ2n) is 6.59. The van der Waals surface area contributed by atoms with E-state index in [1.165, 1.54) is 0 Å². The Morgan fingerprint density at radius 1 is 1.15 bits per heavy atom. The molecule has 6 heteroatoms. The van der Waals surface area contributed by atoms with Gasteiger partial charge in [0.1, 0.15) is 12.4 Å². The Balaban J connectivity index is 0.00000625. The second-order valence-corrected chi connectivity index (χ2v) is 6.59. The van der Waals surface area contributed by atoms with E-state index in [4.69, 9.17) is 4.74 Å². The lowest BCUT2D eigenvalue weighted by atomic mass is 10.1. The minimum Gasteiger partial charge on any atom is -0.492 e. The second kappa shape index (κ2) is 14.1. The number of ether oxygens (including phenoxy) is 1. The summed E-state index contributed by atoms with van der Waals surface area (Å²) in [7, 11) is 1.80. The molecule has 26 heavy (non-hydrogen) atoms. The molecule has 0 spiro atoms. The summed E-state index contributed by atoms with van der Waals surface area (Å²) in [5.41, 5.74) is 1.14. The maximum Gasteiger partial charge on any atom is 0.191 e. The van der Waals surface area contributed by atoms with E-state index in [0.29, 0.717) is 25.1 Å². The average Bonchev–Trinajstić information content (AvgIpc) is 2.62. The van der Waals surface area contributed by atoms with Crippen molar-refractivity contribution in [3.63, 3.8) is 0 Å². The Kier molecular flexibility index (Phi) is 13.5. The highest BCUT2D eigenvalue weighted by molar-refractivity contribution is 14.0. The van der Waals surface area contributed by atoms with Crippen molar-refractivity contribution in [2.24, 2.45) is 10.9 Å². The molecule has 0 saturated heterocycles. The third kappa shape index (κ3) is 9.07. The summed E-state index contributed by atoms with van der Waals surface area (Å²) < 4.78 is 6.01. The zero-order chi connectivity index (χ0) is 18.7. The summed E-state index contributed by atoms with van der Waals surface area (Å²) in [5, 5.41) is 6.80. The molecule has 0 heterocycles. The van der Waals surface area contributed by atoms with E-state index in [1.54, 1.807) is 7.05 Å². The summed E-state index contributed by atoms with van der Waals surface area (Å²) in [4.78, 5) is 6.67. The lowest BCUT2D eigenvalue weighted by molar-refractivity contribution is 0.221. The van der Waals surface area contributed by atoms with Crippen molar-refractivity contribution in [3.8, 4) is 5.75 Å². The van der Waals surface area contributed by atoms with Gasteiger partial charge >= 0.3 is 0 Å². The Morgan fingerprint density at radius 2 is 1.81 bits per heavy atom. The fraction of sp³-hybridized carbons (Fsp3) is 0.650. The monoisotopic (exact) mass is 476 g/mol. The van der Waals surface area contributed by atoms with Crippen LogP contribution in [0, 0.1) is 5.92 Å². The highest BCUT2D eigenvalue weighted by atomic mass is 127. The first-order valence-corrected chi connectivity index (χ1v) is 9.42. The van der Waals surface area contributed by atoms with Crippen molar-refractivity contribution in [1.29, 1.82) is 0 Å². The molecular weight excluding hydrogens is 439 g/mol. The first kappa shape index (κ1) is 25.0. The molecule has 150 valence electrons. The van der Waals surface area contributed by atoms with Crippen LogP contribution >= 0.6 is 24.0 Å². The highest BCUT2D eigenvalue weighted by Crippen LogP contribution is 2.17. The molecule has 1 rings (SSSR count). The average molecular weight is 476 g/mol. The minimum atomic E-state index is 0. The lowest BCUT2D eigenvalue weighted by Crippen LogP contribution is -2.43. The molecule has 2 N–H and O–H groups in total. The number of halogens is 1. The number of guanidine groups is 1. The van der Waals surface area contributed by atoms with Gasteiger partial charge in [-0.15, -0.1) is 24.0 Å². The van der Waals surface area contributed by atoms with Crippen LogP contribution in [0.15, 0.2) is 29.3 Å². The van der Waals surface area contributed by atoms with Crippen LogP contribution in [-0.4, -0.2) is 50.2 Å². The van der Waals surface area contributed by atoms with E-state index < -0.39 is 0 Å². The molecule has 0 saturated carbocycles. The van der Waals surface area contributed by atoms with Crippen molar-refractivity contribution >= 4 is 29.9 Å². The van der Waals surface area contributed by atoms with Gasteiger partial charge in [-0.05, 0) is 32.0 Å². The maximum absolute atomic E-state index is 6.01. The van der Waals surface area contributed by atoms with E-state index in [0.717, 1.165) is 36.9 Å². The van der Waals surface area contributed by atoms with Gasteiger partial charge in [0.2, 0.25) is 0 Å². The SMILES string of the molecule is CCN(CC)CCOc1ccccc1CNC(=NC)NC(C)C(C)C.I. The highest BCUT2D eigenvalue weighted by Gasteiger charge is 2.10. The summed E-state index contributed by atoms with van der Waals surface area (Å²) in [5.74, 6) is 2.31. The Hall–Kier alpha value is -1.02. The molecule has 0 radical (unpaired) electrons. The van der Waals surface area contributed by atoms with Gasteiger partial charge < -0.3 is 20.3 Å². The molecular formula is C20H37IN4O. The van der Waals surface area contributed by atoms with Crippen LogP contribution in [0.3, 0.4) is 0 Å². The summed E-state index contributed by atoms with van der Waals surface area (Å²) in [6.07, 6.45) is 0. The Morgan fingerprint density at radius 3 is 2.38 bits per heavy atom. The number of nitrogens with one attached hydrogen (secondary N) is 2. The zero-order valence-corrected chi connectivity index (χ0v) is 19.5. The molecule has 0 aliphatic carbocycles. The van der Waals surface area contributed by atoms with E-state index in [9.17, 15) is 0 Å². The van der Waals surface area contributed by atoms with Gasteiger partial charge in [-0.25, -0.2) is 0 Å². The predicted octanol–water partition coefficient (Wildman–Crippen LogP) is 3.73. The standard InChI is InChI=1S/C20H36N4O.HI/c1-7-24(8-2)13-14-25-19-12-10-9-11-18(19)15-22-20(21-6)23-17(5)16(3)4;/h9-12,16-17H,7-8,13-15H2,1-6H3,(H2,21,22,23);1H. The van der Waals surface area contributed by atoms with Crippen LogP contribution in [0.5, 0.6) is 5.75 Å². The largest absolute Gasteiger partial charge is 0.492 e. The molecule has 0 bridgehead atoms. The van der Waals surface area contributed by atoms with Crippen LogP contribution in [0.4, 0.5) is 0 Å². The third-order valence-corrected chi connectivity index (χ3v) is 4.57. The molecule has 1 aromatic carbocycles. The summed E-state index contributed by atoms with van der Waals surface area (Å²) in [6, 6.07) is 8.56. The van der Waals surface area contributed by atoms with Crippen molar-refractivity contribution in [3.05, 3.63) is 29.8 Å². The van der Waals surface area contributed by atoms with Crippen LogP contribution in [0.2, 0.25) is 0 Å². The number of hydrogen-bond acceptors (Lipinski definition) is 3. The number of para-hydroxylation sites is 1. The van der Waals surface area contributed by atoms with Crippen molar-refractivity contribution in [2.75, 3.05) is 33.3 Å². The number of benzene rings is 1. The molecule has 0 aliphatic heterocycles. The molecule has 0 amide bonds. The number of aliphatic imine (C=N–C) groups is 1. The Labute approximate surface area is 177 Å². The van der Waals surface area contributed by atoms with Gasteiger partial charge in [-0.3, -0.25) is 4.99 Å². The quantitative estimate of drug-likeness (QED) is 0.307. The molecule has 5 nitrogen and oxygen atoms in total. The molecule has 0 fully saturated rings. The van der Waals surface area contributed by atoms with Crippen LogP contribution in [0.1, 0.15) is 40.2 Å². The van der Waals surface area contributed by atoms with Crippen molar-refractivity contribution in [2.45, 2.75) is 47.2 Å². The fourth-order valence-electron chi connectivity index (χ4n) is 2.37. The number of likely N-dealkylation sites (N-methyl/N-ethyl adjacent to an activating group) is 1. The van der Waals surface area contributed by atoms with Crippen LogP contribution < -0.4 is 15.4 Å². The summed E-state index contributed by atoms with van der Waals surface area (Å²) >= 11 is 0. The van der Waals surface area contributed by atoms with Gasteiger partial charge in [0.25, 0.3) is 0 Å². The number of nitrogens with zero attached hydrogens (tertiary/aromatic N) is 2. The zero-order valence-electron chi connectivity index (χ0n) is 17.2. The van der Waals surface area contributed by atoms with Crippen molar-refractivity contribution < 1.29 is 4.74 Å². The topological polar surface area (TPSA) is 48.9 Å². The maximum atomic E-state index is 6.01. The van der Waals surface area contributed by atoms with Gasteiger partial charge in [-0.2, -0.15) is 0 Å². The van der Waals surface area contributed by atoms with E-state index in [-0.39, 0.29) is 24.0 Å². The number of hydrogen-bond donors (Lipinski definition) is 2. The summed E-state index contributed by atoms with van der Waals surface area (Å²) in [6.45, 7) is 15.4. The minimum absolute atomic E-state index is 0. The smallest absolute Gasteiger partial charge is 0.191 e. The van der Waals surface area contributed by atoms with Crippen molar-refractivity contribution in [1.82, 2.24) is 15.5 Å². The van der Waals surface area contributed by atoms with Gasteiger partial charge in [0.05, 0.1) is 0 Å². The van der Waals surface area contributed by atoms with Gasteiger partial charge in [-0.1, -0.05) is 45.9 Å². The van der Waals surface area contributed by atoms with Crippen LogP contribution in [-0.2, 0) is 6.54 Å². The first-order chi connectivity index (χ1) is 12.0. The van der Waals surface area contributed by atoms with E-state index in [2.05, 4.69) is 61.2 Å². The van der Waals surface area contributed by atoms with E-state index in [1.807, 2.05) is 18.2 Å². The van der Waals surface area contributed by atoms with Gasteiger partial charge in [0, 0.05) is 31.7 Å². The fourth-order valence-corrected chi connectivity index (χ4v) is 2.37. The Bertz CT molecular complexity index is 518. The molecule has 1 aromatic rings. The number of rotatable bonds is 10. The molecule has 0 aromatic heterocycles.